The smallest absolute Gasteiger partial charge is 0.333 e. The fraction of sp³-hybridized carbons (Fsp3) is 0.784. The van der Waals surface area contributed by atoms with Crippen LogP contribution in [0.3, 0.4) is 0 Å². The topological polar surface area (TPSA) is 238 Å². The Kier molecular flexibility index (Phi) is 39.4. The molecule has 0 aliphatic heterocycles. The van der Waals surface area contributed by atoms with Crippen molar-refractivity contribution >= 4 is 41.5 Å². The number of nitrogens with zero attached hydrogens (tertiary/aromatic N) is 2. The molecule has 0 aromatic heterocycles. The maximum atomic E-state index is 12.1. The predicted octanol–water partition coefficient (Wildman–Crippen LogP) is 19.0. The van der Waals surface area contributed by atoms with E-state index in [1.165, 1.54) is 172 Å². The Bertz CT molecular complexity index is 3130. The van der Waals surface area contributed by atoms with Gasteiger partial charge in [-0.05, 0) is 316 Å². The number of carbonyl (C=O) groups is 7. The molecule has 0 spiro atoms. The van der Waals surface area contributed by atoms with Crippen molar-refractivity contribution in [1.82, 2.24) is 20.4 Å². The third kappa shape index (κ3) is 29.7. The van der Waals surface area contributed by atoms with Crippen molar-refractivity contribution in [2.45, 2.75) is 384 Å². The molecule has 0 aromatic carbocycles. The molecule has 0 bridgehead atoms. The number of hydrogen-bond donors (Lipinski definition) is 5. The van der Waals surface area contributed by atoms with Crippen LogP contribution in [0, 0.1) is 82.9 Å². The summed E-state index contributed by atoms with van der Waals surface area (Å²) in [4.78, 5) is 84.0. The maximum absolute atomic E-state index is 12.1. The zero-order valence-electron chi connectivity index (χ0n) is 71.9. The van der Waals surface area contributed by atoms with E-state index >= 15 is 0 Å². The largest absolute Gasteiger partial charge is 0.459 e. The first kappa shape index (κ1) is 93.8. The zero-order chi connectivity index (χ0) is 82.5. The second kappa shape index (κ2) is 47.8. The summed E-state index contributed by atoms with van der Waals surface area (Å²) < 4.78 is 16.2. The van der Waals surface area contributed by atoms with Crippen LogP contribution < -0.4 is 10.6 Å². The lowest BCUT2D eigenvalue weighted by Gasteiger charge is -2.38. The van der Waals surface area contributed by atoms with E-state index in [2.05, 4.69) is 56.7 Å². The summed E-state index contributed by atoms with van der Waals surface area (Å²) in [5, 5.41) is 35.1. The lowest BCUT2D eigenvalue weighted by Crippen LogP contribution is -2.44. The highest BCUT2D eigenvalue weighted by Gasteiger charge is 2.44. The zero-order valence-corrected chi connectivity index (χ0v) is 71.9. The van der Waals surface area contributed by atoms with Crippen molar-refractivity contribution in [3.63, 3.8) is 0 Å². The van der Waals surface area contributed by atoms with Gasteiger partial charge in [0.25, 0.3) is 0 Å². The van der Waals surface area contributed by atoms with E-state index in [4.69, 9.17) is 14.2 Å². The van der Waals surface area contributed by atoms with Crippen LogP contribution >= 0.6 is 0 Å². The summed E-state index contributed by atoms with van der Waals surface area (Å²) in [7, 11) is 1.86. The molecule has 14 aliphatic carbocycles. The monoisotopic (exact) mass is 1590 g/mol. The van der Waals surface area contributed by atoms with E-state index in [1.807, 2.05) is 23.8 Å². The second-order valence-corrected chi connectivity index (χ2v) is 38.1. The van der Waals surface area contributed by atoms with E-state index < -0.39 is 0 Å². The molecule has 14 aliphatic rings. The first-order valence-corrected chi connectivity index (χ1v) is 46.0. The molecular formula is C97H156N4O13. The van der Waals surface area contributed by atoms with Gasteiger partial charge in [-0.2, -0.15) is 0 Å². The van der Waals surface area contributed by atoms with Crippen LogP contribution in [0.2, 0.25) is 0 Å². The predicted molar refractivity (Wildman–Crippen MR) is 456 cm³/mol. The molecule has 18 unspecified atom stereocenters. The number of aliphatic hydroxyl groups is 3. The Morgan fingerprint density at radius 2 is 0.702 bits per heavy atom. The minimum Gasteiger partial charge on any atom is -0.459 e. The molecule has 17 nitrogen and oxygen atoms in total. The number of hydrogen-bond acceptors (Lipinski definition) is 13. The van der Waals surface area contributed by atoms with E-state index in [9.17, 15) is 48.9 Å². The van der Waals surface area contributed by atoms with Crippen LogP contribution in [-0.4, -0.2) is 141 Å². The van der Waals surface area contributed by atoms with Crippen molar-refractivity contribution in [1.29, 1.82) is 0 Å². The Morgan fingerprint density at radius 1 is 0.351 bits per heavy atom. The number of rotatable bonds is 17. The molecule has 17 heteroatoms. The van der Waals surface area contributed by atoms with Crippen molar-refractivity contribution in [2.75, 3.05) is 13.6 Å². The van der Waals surface area contributed by atoms with E-state index in [0.29, 0.717) is 75.9 Å². The summed E-state index contributed by atoms with van der Waals surface area (Å²) in [5.74, 6) is 10.6. The molecule has 5 N–H and O–H groups in total. The molecule has 114 heavy (non-hydrogen) atoms. The first-order chi connectivity index (χ1) is 54.6. The third-order valence-electron chi connectivity index (χ3n) is 29.8. The number of nitrogens with one attached hydrogen (secondary N) is 2. The molecule has 14 saturated carbocycles. The van der Waals surface area contributed by atoms with Crippen LogP contribution in [0.4, 0.5) is 0 Å². The summed E-state index contributed by atoms with van der Waals surface area (Å²) in [6.07, 6.45) is 58.6. The van der Waals surface area contributed by atoms with Crippen molar-refractivity contribution in [2.24, 2.45) is 82.9 Å². The Morgan fingerprint density at radius 3 is 1.15 bits per heavy atom. The lowest BCUT2D eigenvalue weighted by atomic mass is 9.73. The van der Waals surface area contributed by atoms with Gasteiger partial charge in [0, 0.05) is 66.1 Å². The van der Waals surface area contributed by atoms with Gasteiger partial charge in [-0.1, -0.05) is 149 Å². The standard InChI is InChI=1S/C16H26O2.C15H25NO2.C15H24O2.2C13H21NO2.C13H20O2.C12H19NO/c1-12(2)16(17)18-15-10-8-14(9-11-15)13-6-4-3-5-7-13;1-4-16(15(18)10(2)3)13-6-5-11-8-14(17)9-12(11)7-13;1-2-15(16)17-14-10-8-13(9-11-14)12-6-4-3-5-7-12;1-8(2)13(16)14-11-4-3-9-6-12(15)7-10(9)5-11;1-3-13(16)14(2)11-5-4-9-7-12(15)8-10(9)6-11;1-9(2)13(14)15-12-7-6-10-4-3-5-11(10)8-12;1-2-12(14)13-11-7-6-9-4-3-5-10(9)8-11/h13-15H,1,3-11H2,2H3;11-14,17H,2,4-9H2,1,3H3;2,12-14H,1,3-11H2;9-12,15H,1,3-7H2,2H3,(H,14,16);3,9-12,15H,1,4-8H2,2H3;10-12H,1,3-8H2,2H3;2,9-11H,1,3-8H2,(H,13,14). The average Bonchev–Trinajstić information content (AvgIpc) is 1.66. The highest BCUT2D eigenvalue weighted by Crippen LogP contribution is 2.49. The highest BCUT2D eigenvalue weighted by molar-refractivity contribution is 5.93. The Balaban J connectivity index is 0.000000167. The van der Waals surface area contributed by atoms with Gasteiger partial charge in [-0.3, -0.25) is 19.2 Å². The SMILES string of the molecule is C=C(C)C(=O)N(CC)C1CCC2CC(O)CC2C1.C=C(C)C(=O)NC1CCC2CC(O)CC2C1.C=C(C)C(=O)OC1CCC(C2CCCCC2)CC1.C=C(C)C(=O)OC1CCC2CCCC2C1.C=CC(=O)N(C)C1CCC2CC(O)CC2C1.C=CC(=O)NC1CCC2CCCC2C1.C=CC(=O)OC1CCC(C2CCCCC2)CC1. The van der Waals surface area contributed by atoms with Gasteiger partial charge in [0.2, 0.25) is 23.6 Å². The minimum atomic E-state index is -0.258. The van der Waals surface area contributed by atoms with Crippen LogP contribution in [0.25, 0.3) is 0 Å². The second-order valence-electron chi connectivity index (χ2n) is 38.1. The molecule has 0 radical (unpaired) electrons. The van der Waals surface area contributed by atoms with Gasteiger partial charge in [0.05, 0.1) is 18.3 Å². The van der Waals surface area contributed by atoms with Crippen LogP contribution in [-0.2, 0) is 47.8 Å². The molecular weight excluding hydrogens is 1430 g/mol. The van der Waals surface area contributed by atoms with Crippen molar-refractivity contribution < 1.29 is 63.1 Å². The molecule has 642 valence electrons. The van der Waals surface area contributed by atoms with Gasteiger partial charge in [-0.25, -0.2) is 14.4 Å². The van der Waals surface area contributed by atoms with Crippen molar-refractivity contribution in [3.8, 4) is 0 Å². The lowest BCUT2D eigenvalue weighted by molar-refractivity contribution is -0.147. The van der Waals surface area contributed by atoms with Gasteiger partial charge < -0.3 is 50.0 Å². The van der Waals surface area contributed by atoms with Crippen molar-refractivity contribution in [3.05, 3.63) is 86.6 Å². The number of aliphatic hydroxyl groups excluding tert-OH is 3. The molecule has 18 atom stereocenters. The van der Waals surface area contributed by atoms with Gasteiger partial charge in [-0.15, -0.1) is 0 Å². The number of amides is 4. The maximum Gasteiger partial charge on any atom is 0.333 e. The minimum absolute atomic E-state index is 0.00792. The number of fused-ring (bicyclic) bond motifs is 5. The quantitative estimate of drug-likeness (QED) is 0.0518. The Hall–Kier alpha value is -5.65. The molecule has 0 heterocycles. The van der Waals surface area contributed by atoms with E-state index in [0.717, 1.165) is 189 Å². The summed E-state index contributed by atoms with van der Waals surface area (Å²) >= 11 is 0. The van der Waals surface area contributed by atoms with E-state index in [1.54, 1.807) is 27.7 Å². The normalized spacial score (nSPS) is 34.5. The number of esters is 3. The fourth-order valence-electron chi connectivity index (χ4n) is 23.5. The van der Waals surface area contributed by atoms with Crippen LogP contribution in [0.15, 0.2) is 86.6 Å². The summed E-state index contributed by atoms with van der Waals surface area (Å²) in [5.41, 5.74) is 2.24. The number of ether oxygens (including phenoxy) is 3. The molecule has 4 amide bonds. The molecule has 0 aromatic rings. The Labute approximate surface area is 688 Å². The highest BCUT2D eigenvalue weighted by atomic mass is 16.6. The number of likely N-dealkylation sites (N-methyl/N-ethyl adjacent to an activating group) is 2. The van der Waals surface area contributed by atoms with Gasteiger partial charge in [0.1, 0.15) is 18.3 Å². The molecule has 14 rings (SSSR count). The number of carbonyl (C=O) groups excluding carboxylic acids is 7. The van der Waals surface area contributed by atoms with Crippen LogP contribution in [0.5, 0.6) is 0 Å². The first-order valence-electron chi connectivity index (χ1n) is 46.0. The van der Waals surface area contributed by atoms with Crippen LogP contribution in [0.1, 0.15) is 324 Å². The average molecular weight is 1590 g/mol. The third-order valence-corrected chi connectivity index (χ3v) is 29.8. The van der Waals surface area contributed by atoms with Gasteiger partial charge in [0.15, 0.2) is 0 Å². The fourth-order valence-corrected chi connectivity index (χ4v) is 23.5. The van der Waals surface area contributed by atoms with E-state index in [-0.39, 0.29) is 84.2 Å². The summed E-state index contributed by atoms with van der Waals surface area (Å²) in [6.45, 7) is 34.9. The molecule has 0 saturated heterocycles. The van der Waals surface area contributed by atoms with Gasteiger partial charge >= 0.3 is 17.9 Å². The molecule has 14 fully saturated rings. The summed E-state index contributed by atoms with van der Waals surface area (Å²) in [6, 6.07) is 1.40.